The van der Waals surface area contributed by atoms with Gasteiger partial charge in [0.25, 0.3) is 5.91 Å². The Hall–Kier alpha value is -2.51. The van der Waals surface area contributed by atoms with Crippen LogP contribution in [-0.2, 0) is 11.3 Å². The van der Waals surface area contributed by atoms with Crippen LogP contribution in [0, 0.1) is 11.6 Å². The molecular weight excluding hydrogens is 352 g/mol. The van der Waals surface area contributed by atoms with Crippen molar-refractivity contribution in [2.75, 3.05) is 45.2 Å². The maximum absolute atomic E-state index is 13.5. The van der Waals surface area contributed by atoms with Crippen molar-refractivity contribution in [2.45, 2.75) is 6.54 Å². The third-order valence-corrected chi connectivity index (χ3v) is 4.87. The molecule has 7 heteroatoms. The first-order valence-corrected chi connectivity index (χ1v) is 9.08. The van der Waals surface area contributed by atoms with Crippen LogP contribution in [0.2, 0.25) is 0 Å². The van der Waals surface area contributed by atoms with Crippen LogP contribution in [0.3, 0.4) is 0 Å². The van der Waals surface area contributed by atoms with Crippen molar-refractivity contribution >= 4 is 11.6 Å². The molecule has 0 atom stereocenters. The first-order chi connectivity index (χ1) is 13.0. The van der Waals surface area contributed by atoms with Crippen LogP contribution in [0.1, 0.15) is 5.56 Å². The van der Waals surface area contributed by atoms with E-state index in [4.69, 9.17) is 4.74 Å². The summed E-state index contributed by atoms with van der Waals surface area (Å²) in [7, 11) is 1.59. The molecule has 0 aliphatic carbocycles. The smallest absolute Gasteiger partial charge is 0.279 e. The molecule has 2 aromatic carbocycles. The van der Waals surface area contributed by atoms with E-state index in [0.29, 0.717) is 24.5 Å². The standard InChI is InChI=1S/C20H23F2N3O2/c1-27-19-6-5-17(22)11-15(19)13-24-7-9-25(10-8-24)14-20(26)23-18-4-2-3-16(21)12-18/h2-6,11-12H,7-10,13-14H2,1H3,(H,23,26)/p+2. The van der Waals surface area contributed by atoms with Gasteiger partial charge in [0.2, 0.25) is 0 Å². The topological polar surface area (TPSA) is 47.2 Å². The molecule has 1 heterocycles. The van der Waals surface area contributed by atoms with Crippen molar-refractivity contribution in [3.05, 3.63) is 59.7 Å². The van der Waals surface area contributed by atoms with E-state index in [1.807, 2.05) is 0 Å². The summed E-state index contributed by atoms with van der Waals surface area (Å²) in [6, 6.07) is 10.5. The van der Waals surface area contributed by atoms with E-state index in [2.05, 4.69) is 5.32 Å². The fourth-order valence-corrected chi connectivity index (χ4v) is 3.46. The second-order valence-corrected chi connectivity index (χ2v) is 6.87. The van der Waals surface area contributed by atoms with Crippen molar-refractivity contribution in [3.8, 4) is 5.75 Å². The van der Waals surface area contributed by atoms with Gasteiger partial charge in [-0.3, -0.25) is 4.79 Å². The van der Waals surface area contributed by atoms with Gasteiger partial charge in [-0.25, -0.2) is 8.78 Å². The molecule has 1 aliphatic rings. The number of quaternary nitrogens is 2. The molecule has 0 radical (unpaired) electrons. The first-order valence-electron chi connectivity index (χ1n) is 9.08. The van der Waals surface area contributed by atoms with Gasteiger partial charge in [0.05, 0.1) is 12.7 Å². The van der Waals surface area contributed by atoms with Crippen molar-refractivity contribution in [3.63, 3.8) is 0 Å². The quantitative estimate of drug-likeness (QED) is 0.658. The highest BCUT2D eigenvalue weighted by Crippen LogP contribution is 2.18. The van der Waals surface area contributed by atoms with Gasteiger partial charge in [0.15, 0.2) is 6.54 Å². The van der Waals surface area contributed by atoms with Gasteiger partial charge >= 0.3 is 0 Å². The minimum Gasteiger partial charge on any atom is -0.496 e. The Balaban J connectivity index is 1.47. The summed E-state index contributed by atoms with van der Waals surface area (Å²) in [6.07, 6.45) is 0. The number of methoxy groups -OCH3 is 1. The van der Waals surface area contributed by atoms with Gasteiger partial charge in [0, 0.05) is 5.69 Å². The fourth-order valence-electron chi connectivity index (χ4n) is 3.46. The molecule has 0 unspecified atom stereocenters. The highest BCUT2D eigenvalue weighted by molar-refractivity contribution is 5.91. The van der Waals surface area contributed by atoms with Gasteiger partial charge in [0.1, 0.15) is 50.1 Å². The minimum atomic E-state index is -0.370. The second kappa shape index (κ2) is 8.92. The van der Waals surface area contributed by atoms with Crippen LogP contribution in [-0.4, -0.2) is 45.7 Å². The SMILES string of the molecule is COc1ccc(F)cc1C[NH+]1CC[NH+](CC(=O)Nc2cccc(F)c2)CC1. The number of anilines is 1. The molecule has 1 saturated heterocycles. The molecule has 0 aromatic heterocycles. The lowest BCUT2D eigenvalue weighted by Crippen LogP contribution is -3.28. The summed E-state index contributed by atoms with van der Waals surface area (Å²) in [4.78, 5) is 14.7. The van der Waals surface area contributed by atoms with Crippen molar-refractivity contribution < 1.29 is 28.1 Å². The second-order valence-electron chi connectivity index (χ2n) is 6.87. The lowest BCUT2D eigenvalue weighted by atomic mass is 10.1. The van der Waals surface area contributed by atoms with E-state index < -0.39 is 0 Å². The van der Waals surface area contributed by atoms with Crippen LogP contribution in [0.4, 0.5) is 14.5 Å². The van der Waals surface area contributed by atoms with Crippen molar-refractivity contribution in [1.29, 1.82) is 0 Å². The Kier molecular flexibility index (Phi) is 6.36. The largest absolute Gasteiger partial charge is 0.496 e. The maximum Gasteiger partial charge on any atom is 0.279 e. The zero-order valence-corrected chi connectivity index (χ0v) is 15.4. The molecular formula is C20H25F2N3O2+2. The van der Waals surface area contributed by atoms with Crippen LogP contribution < -0.4 is 19.9 Å². The number of piperazine rings is 1. The summed E-state index contributed by atoms with van der Waals surface area (Å²) in [5.74, 6) is -0.0485. The highest BCUT2D eigenvalue weighted by Gasteiger charge is 2.25. The number of carbonyl (C=O) groups excluding carboxylic acids is 1. The van der Waals surface area contributed by atoms with Gasteiger partial charge in [-0.05, 0) is 36.4 Å². The zero-order valence-electron chi connectivity index (χ0n) is 15.4. The Labute approximate surface area is 157 Å². The Bertz CT molecular complexity index is 793. The summed E-state index contributed by atoms with van der Waals surface area (Å²) in [6.45, 7) is 4.54. The maximum atomic E-state index is 13.5. The number of hydrogen-bond donors (Lipinski definition) is 3. The number of nitrogens with one attached hydrogen (secondary N) is 3. The Morgan fingerprint density at radius 1 is 1.04 bits per heavy atom. The van der Waals surface area contributed by atoms with E-state index >= 15 is 0 Å². The van der Waals surface area contributed by atoms with Gasteiger partial charge in [-0.1, -0.05) is 6.07 Å². The summed E-state index contributed by atoms with van der Waals surface area (Å²) in [5.41, 5.74) is 1.33. The predicted octanol–water partition coefficient (Wildman–Crippen LogP) is -0.104. The monoisotopic (exact) mass is 377 g/mol. The van der Waals surface area contributed by atoms with E-state index in [1.54, 1.807) is 25.3 Å². The Morgan fingerprint density at radius 2 is 1.74 bits per heavy atom. The number of hydrogen-bond acceptors (Lipinski definition) is 2. The van der Waals surface area contributed by atoms with Crippen LogP contribution in [0.25, 0.3) is 0 Å². The zero-order chi connectivity index (χ0) is 19.2. The fraction of sp³-hybridized carbons (Fsp3) is 0.350. The molecule has 0 saturated carbocycles. The Morgan fingerprint density at radius 3 is 2.44 bits per heavy atom. The highest BCUT2D eigenvalue weighted by atomic mass is 19.1. The molecule has 2 aromatic rings. The number of halogens is 2. The van der Waals surface area contributed by atoms with E-state index in [-0.39, 0.29) is 17.5 Å². The van der Waals surface area contributed by atoms with Crippen LogP contribution >= 0.6 is 0 Å². The molecule has 1 amide bonds. The molecule has 0 spiro atoms. The minimum absolute atomic E-state index is 0.120. The first kappa shape index (κ1) is 19.3. The molecule has 1 fully saturated rings. The van der Waals surface area contributed by atoms with E-state index in [1.165, 1.54) is 34.1 Å². The van der Waals surface area contributed by atoms with Crippen molar-refractivity contribution in [1.82, 2.24) is 0 Å². The van der Waals surface area contributed by atoms with Gasteiger partial charge < -0.3 is 19.9 Å². The summed E-state index contributed by atoms with van der Waals surface area (Å²) >= 11 is 0. The lowest BCUT2D eigenvalue weighted by molar-refractivity contribution is -1.02. The molecule has 27 heavy (non-hydrogen) atoms. The van der Waals surface area contributed by atoms with E-state index in [0.717, 1.165) is 31.7 Å². The summed E-state index contributed by atoms with van der Waals surface area (Å²) < 4.78 is 32.0. The molecule has 144 valence electrons. The van der Waals surface area contributed by atoms with Gasteiger partial charge in [-0.15, -0.1) is 0 Å². The lowest BCUT2D eigenvalue weighted by Gasteiger charge is -2.29. The normalized spacial score (nSPS) is 19.5. The third kappa shape index (κ3) is 5.48. The number of ether oxygens (including phenoxy) is 1. The van der Waals surface area contributed by atoms with Gasteiger partial charge in [-0.2, -0.15) is 0 Å². The summed E-state index contributed by atoms with van der Waals surface area (Å²) in [5, 5.41) is 2.74. The molecule has 3 N–H and O–H groups in total. The number of benzene rings is 2. The molecule has 1 aliphatic heterocycles. The third-order valence-electron chi connectivity index (χ3n) is 4.87. The molecule has 5 nitrogen and oxygen atoms in total. The van der Waals surface area contributed by atoms with Crippen molar-refractivity contribution in [2.24, 2.45) is 0 Å². The molecule has 0 bridgehead atoms. The number of amides is 1. The number of carbonyl (C=O) groups is 1. The van der Waals surface area contributed by atoms with Crippen LogP contribution in [0.15, 0.2) is 42.5 Å². The van der Waals surface area contributed by atoms with Crippen LogP contribution in [0.5, 0.6) is 5.75 Å². The molecule has 3 rings (SSSR count). The predicted molar refractivity (Wildman–Crippen MR) is 97.9 cm³/mol. The average molecular weight is 377 g/mol. The van der Waals surface area contributed by atoms with E-state index in [9.17, 15) is 13.6 Å². The average Bonchev–Trinajstić information content (AvgIpc) is 2.63. The number of rotatable bonds is 6.